The molecule has 0 aromatic heterocycles. The number of nitrogens with one attached hydrogen (secondary N) is 1. The molecule has 1 fully saturated rings. The summed E-state index contributed by atoms with van der Waals surface area (Å²) in [6, 6.07) is 7.93. The normalized spacial score (nSPS) is 16.9. The fourth-order valence-electron chi connectivity index (χ4n) is 2.16. The third-order valence-corrected chi connectivity index (χ3v) is 3.42. The fraction of sp³-hybridized carbons (Fsp3) is 0.571. The molecule has 0 amide bonds. The summed E-state index contributed by atoms with van der Waals surface area (Å²) in [5.41, 5.74) is 1.19. The Morgan fingerprint density at radius 2 is 1.83 bits per heavy atom. The van der Waals surface area contributed by atoms with Crippen LogP contribution in [0.1, 0.15) is 24.4 Å². The monoisotopic (exact) mass is 251 g/mol. The molecule has 1 saturated carbocycles. The summed E-state index contributed by atoms with van der Waals surface area (Å²) in [5.74, 6) is 1.45. The minimum atomic E-state index is -0.252. The van der Waals surface area contributed by atoms with Crippen molar-refractivity contribution in [3.8, 4) is 5.75 Å². The lowest BCUT2D eigenvalue weighted by molar-refractivity contribution is 0.158. The van der Waals surface area contributed by atoms with E-state index in [1.165, 1.54) is 18.4 Å². The second-order valence-electron chi connectivity index (χ2n) is 4.82. The van der Waals surface area contributed by atoms with E-state index in [-0.39, 0.29) is 25.3 Å². The van der Waals surface area contributed by atoms with Gasteiger partial charge in [0.15, 0.2) is 0 Å². The molecule has 0 spiro atoms. The highest BCUT2D eigenvalue weighted by molar-refractivity contribution is 5.30. The van der Waals surface area contributed by atoms with Gasteiger partial charge in [0, 0.05) is 6.04 Å². The first-order chi connectivity index (χ1) is 8.78. The standard InChI is InChI=1S/C14H21NO3/c1-18-13-6-4-11(5-7-13)14(10-2-3-10)15-12(8-16)9-17/h4-7,10,12,14-17H,2-3,8-9H2,1H3. The van der Waals surface area contributed by atoms with Crippen LogP contribution in [0.15, 0.2) is 24.3 Å². The molecule has 1 aliphatic rings. The molecular formula is C14H21NO3. The molecular weight excluding hydrogens is 230 g/mol. The van der Waals surface area contributed by atoms with Crippen LogP contribution in [0.2, 0.25) is 0 Å². The third-order valence-electron chi connectivity index (χ3n) is 3.42. The largest absolute Gasteiger partial charge is 0.497 e. The van der Waals surface area contributed by atoms with Gasteiger partial charge in [-0.25, -0.2) is 0 Å². The maximum atomic E-state index is 9.16. The number of hydrogen-bond donors (Lipinski definition) is 3. The molecule has 0 aliphatic heterocycles. The predicted molar refractivity (Wildman–Crippen MR) is 69.6 cm³/mol. The first-order valence-corrected chi connectivity index (χ1v) is 6.40. The number of benzene rings is 1. The van der Waals surface area contributed by atoms with Crippen LogP contribution in [0.25, 0.3) is 0 Å². The summed E-state index contributed by atoms with van der Waals surface area (Å²) in [7, 11) is 1.65. The van der Waals surface area contributed by atoms with E-state index >= 15 is 0 Å². The van der Waals surface area contributed by atoms with E-state index in [1.54, 1.807) is 7.11 Å². The molecule has 1 unspecified atom stereocenters. The molecule has 1 aromatic rings. The van der Waals surface area contributed by atoms with Crippen LogP contribution in [0.4, 0.5) is 0 Å². The average Bonchev–Trinajstić information content (AvgIpc) is 3.25. The number of rotatable bonds is 7. The Morgan fingerprint density at radius 1 is 1.22 bits per heavy atom. The Morgan fingerprint density at radius 3 is 2.28 bits per heavy atom. The molecule has 4 nitrogen and oxygen atoms in total. The number of methoxy groups -OCH3 is 1. The molecule has 0 radical (unpaired) electrons. The molecule has 2 rings (SSSR count). The lowest BCUT2D eigenvalue weighted by Gasteiger charge is -2.24. The molecule has 100 valence electrons. The highest BCUT2D eigenvalue weighted by atomic mass is 16.5. The van der Waals surface area contributed by atoms with Gasteiger partial charge >= 0.3 is 0 Å². The van der Waals surface area contributed by atoms with Gasteiger partial charge in [-0.3, -0.25) is 0 Å². The molecule has 1 aromatic carbocycles. The molecule has 3 N–H and O–H groups in total. The minimum Gasteiger partial charge on any atom is -0.497 e. The van der Waals surface area contributed by atoms with Crippen molar-refractivity contribution < 1.29 is 14.9 Å². The lowest BCUT2D eigenvalue weighted by Crippen LogP contribution is -2.39. The number of hydrogen-bond acceptors (Lipinski definition) is 4. The smallest absolute Gasteiger partial charge is 0.118 e. The van der Waals surface area contributed by atoms with Crippen molar-refractivity contribution in [3.05, 3.63) is 29.8 Å². The van der Waals surface area contributed by atoms with E-state index in [4.69, 9.17) is 14.9 Å². The third kappa shape index (κ3) is 3.22. The predicted octanol–water partition coefficient (Wildman–Crippen LogP) is 1.09. The summed E-state index contributed by atoms with van der Waals surface area (Å²) in [6.45, 7) is -0.0915. The van der Waals surface area contributed by atoms with Crippen LogP contribution in [-0.4, -0.2) is 36.6 Å². The van der Waals surface area contributed by atoms with Crippen molar-refractivity contribution in [1.82, 2.24) is 5.32 Å². The maximum absolute atomic E-state index is 9.16. The maximum Gasteiger partial charge on any atom is 0.118 e. The SMILES string of the molecule is COc1ccc(C(NC(CO)CO)C2CC2)cc1. The summed E-state index contributed by atoms with van der Waals surface area (Å²) in [5, 5.41) is 21.7. The van der Waals surface area contributed by atoms with Gasteiger partial charge in [-0.2, -0.15) is 0 Å². The van der Waals surface area contributed by atoms with Crippen molar-refractivity contribution in [3.63, 3.8) is 0 Å². The van der Waals surface area contributed by atoms with Gasteiger partial charge in [0.1, 0.15) is 5.75 Å². The molecule has 0 bridgehead atoms. The van der Waals surface area contributed by atoms with Gasteiger partial charge in [-0.05, 0) is 36.5 Å². The van der Waals surface area contributed by atoms with Crippen molar-refractivity contribution in [2.75, 3.05) is 20.3 Å². The summed E-state index contributed by atoms with van der Waals surface area (Å²) >= 11 is 0. The van der Waals surface area contributed by atoms with E-state index in [0.29, 0.717) is 5.92 Å². The second-order valence-corrected chi connectivity index (χ2v) is 4.82. The van der Waals surface area contributed by atoms with E-state index in [0.717, 1.165) is 5.75 Å². The number of aliphatic hydroxyl groups is 2. The van der Waals surface area contributed by atoms with E-state index in [9.17, 15) is 0 Å². The van der Waals surface area contributed by atoms with Crippen LogP contribution < -0.4 is 10.1 Å². The van der Waals surface area contributed by atoms with Crippen molar-refractivity contribution in [1.29, 1.82) is 0 Å². The van der Waals surface area contributed by atoms with E-state index < -0.39 is 0 Å². The Labute approximate surface area is 108 Å². The van der Waals surface area contributed by atoms with Gasteiger partial charge < -0.3 is 20.3 Å². The zero-order valence-corrected chi connectivity index (χ0v) is 10.7. The summed E-state index contributed by atoms with van der Waals surface area (Å²) in [4.78, 5) is 0. The Balaban J connectivity index is 2.08. The quantitative estimate of drug-likeness (QED) is 0.679. The van der Waals surface area contributed by atoms with E-state index in [1.807, 2.05) is 24.3 Å². The Hall–Kier alpha value is -1.10. The van der Waals surface area contributed by atoms with Gasteiger partial charge in [0.25, 0.3) is 0 Å². The van der Waals surface area contributed by atoms with Crippen LogP contribution in [-0.2, 0) is 0 Å². The molecule has 18 heavy (non-hydrogen) atoms. The van der Waals surface area contributed by atoms with Crippen LogP contribution in [0.3, 0.4) is 0 Å². The topological polar surface area (TPSA) is 61.7 Å². The minimum absolute atomic E-state index is 0.0458. The first-order valence-electron chi connectivity index (χ1n) is 6.40. The average molecular weight is 251 g/mol. The van der Waals surface area contributed by atoms with Crippen LogP contribution in [0.5, 0.6) is 5.75 Å². The van der Waals surface area contributed by atoms with Gasteiger partial charge in [-0.1, -0.05) is 12.1 Å². The molecule has 4 heteroatoms. The Kier molecular flexibility index (Phi) is 4.58. The molecule has 1 aliphatic carbocycles. The molecule has 0 heterocycles. The lowest BCUT2D eigenvalue weighted by atomic mass is 10.0. The zero-order valence-electron chi connectivity index (χ0n) is 10.7. The number of aliphatic hydroxyl groups excluding tert-OH is 2. The zero-order chi connectivity index (χ0) is 13.0. The fourth-order valence-corrected chi connectivity index (χ4v) is 2.16. The second kappa shape index (κ2) is 6.18. The van der Waals surface area contributed by atoms with Gasteiger partial charge in [0.2, 0.25) is 0 Å². The Bertz CT molecular complexity index is 358. The molecule has 1 atom stereocenters. The highest BCUT2D eigenvalue weighted by Gasteiger charge is 2.33. The van der Waals surface area contributed by atoms with Crippen molar-refractivity contribution in [2.45, 2.75) is 24.9 Å². The van der Waals surface area contributed by atoms with E-state index in [2.05, 4.69) is 5.32 Å². The van der Waals surface area contributed by atoms with Crippen molar-refractivity contribution >= 4 is 0 Å². The number of ether oxygens (including phenoxy) is 1. The van der Waals surface area contributed by atoms with Gasteiger partial charge in [0.05, 0.1) is 26.4 Å². The van der Waals surface area contributed by atoms with Crippen molar-refractivity contribution in [2.24, 2.45) is 5.92 Å². The van der Waals surface area contributed by atoms with Crippen LogP contribution in [0, 0.1) is 5.92 Å². The molecule has 0 saturated heterocycles. The highest BCUT2D eigenvalue weighted by Crippen LogP contribution is 2.41. The summed E-state index contributed by atoms with van der Waals surface area (Å²) < 4.78 is 5.15. The van der Waals surface area contributed by atoms with Gasteiger partial charge in [-0.15, -0.1) is 0 Å². The first kappa shape index (κ1) is 13.3. The van der Waals surface area contributed by atoms with Crippen LogP contribution >= 0.6 is 0 Å². The summed E-state index contributed by atoms with van der Waals surface area (Å²) in [6.07, 6.45) is 2.40.